The molecule has 2 aromatic rings. The molecule has 25 heavy (non-hydrogen) atoms. The summed E-state index contributed by atoms with van der Waals surface area (Å²) < 4.78 is 39.9. The number of benzene rings is 1. The Balaban J connectivity index is 1.72. The summed E-state index contributed by atoms with van der Waals surface area (Å²) in [5.74, 6) is -4.22. The van der Waals surface area contributed by atoms with Gasteiger partial charge in [0, 0.05) is 13.1 Å². The van der Waals surface area contributed by atoms with E-state index in [1.54, 1.807) is 11.0 Å². The molecule has 4 nitrogen and oxygen atoms in total. The number of nitrogens with zero attached hydrogens (tertiary/aromatic N) is 2. The van der Waals surface area contributed by atoms with Crippen molar-refractivity contribution in [3.05, 3.63) is 53.6 Å². The number of carbonyl (C=O) groups is 1. The average molecular weight is 349 g/mol. The first-order chi connectivity index (χ1) is 12.1. The zero-order valence-corrected chi connectivity index (χ0v) is 13.6. The van der Waals surface area contributed by atoms with Crippen LogP contribution in [0.5, 0.6) is 0 Å². The minimum absolute atomic E-state index is 0.132. The van der Waals surface area contributed by atoms with E-state index >= 15 is 0 Å². The minimum atomic E-state index is -1.54. The first kappa shape index (κ1) is 17.3. The molecule has 1 aliphatic heterocycles. The SMILES string of the molecule is O=C(c1ccc(Nc2ccc(F)c(F)c2F)cn1)N1CCCCCC1. The molecule has 0 radical (unpaired) electrons. The summed E-state index contributed by atoms with van der Waals surface area (Å²) in [4.78, 5) is 18.3. The van der Waals surface area contributed by atoms with Crippen LogP contribution in [-0.4, -0.2) is 28.9 Å². The highest BCUT2D eigenvalue weighted by molar-refractivity contribution is 5.92. The van der Waals surface area contributed by atoms with Gasteiger partial charge in [-0.1, -0.05) is 12.8 Å². The zero-order chi connectivity index (χ0) is 17.8. The Hall–Kier alpha value is -2.57. The minimum Gasteiger partial charge on any atom is -0.352 e. The summed E-state index contributed by atoms with van der Waals surface area (Å²) in [5, 5.41) is 2.63. The first-order valence-corrected chi connectivity index (χ1v) is 8.22. The fourth-order valence-corrected chi connectivity index (χ4v) is 2.81. The Morgan fingerprint density at radius 2 is 1.68 bits per heavy atom. The van der Waals surface area contributed by atoms with E-state index < -0.39 is 17.5 Å². The summed E-state index contributed by atoms with van der Waals surface area (Å²) in [6.45, 7) is 1.45. The average Bonchev–Trinajstić information content (AvgIpc) is 2.92. The molecule has 2 heterocycles. The van der Waals surface area contributed by atoms with Crippen molar-refractivity contribution >= 4 is 17.3 Å². The number of anilines is 2. The number of hydrogen-bond donors (Lipinski definition) is 1. The van der Waals surface area contributed by atoms with Gasteiger partial charge in [-0.15, -0.1) is 0 Å². The van der Waals surface area contributed by atoms with Crippen molar-refractivity contribution in [3.63, 3.8) is 0 Å². The van der Waals surface area contributed by atoms with Gasteiger partial charge >= 0.3 is 0 Å². The number of rotatable bonds is 3. The smallest absolute Gasteiger partial charge is 0.272 e. The van der Waals surface area contributed by atoms with E-state index in [2.05, 4.69) is 10.3 Å². The van der Waals surface area contributed by atoms with Gasteiger partial charge in [0.05, 0.1) is 17.6 Å². The third-order valence-corrected chi connectivity index (χ3v) is 4.19. The molecule has 132 valence electrons. The lowest BCUT2D eigenvalue weighted by molar-refractivity contribution is 0.0756. The van der Waals surface area contributed by atoms with Crippen LogP contribution in [0.1, 0.15) is 36.2 Å². The normalized spacial score (nSPS) is 14.9. The van der Waals surface area contributed by atoms with E-state index in [1.807, 2.05) is 0 Å². The topological polar surface area (TPSA) is 45.2 Å². The summed E-state index contributed by atoms with van der Waals surface area (Å²) >= 11 is 0. The van der Waals surface area contributed by atoms with Crippen molar-refractivity contribution in [2.75, 3.05) is 18.4 Å². The third-order valence-electron chi connectivity index (χ3n) is 4.19. The number of likely N-dealkylation sites (tertiary alicyclic amines) is 1. The lowest BCUT2D eigenvalue weighted by Crippen LogP contribution is -2.32. The molecule has 0 bridgehead atoms. The van der Waals surface area contributed by atoms with Crippen LogP contribution in [0.4, 0.5) is 24.5 Å². The Kier molecular flexibility index (Phi) is 5.21. The number of aromatic nitrogens is 1. The van der Waals surface area contributed by atoms with E-state index in [0.29, 0.717) is 11.4 Å². The second-order valence-electron chi connectivity index (χ2n) is 5.99. The van der Waals surface area contributed by atoms with Crippen molar-refractivity contribution in [1.82, 2.24) is 9.88 Å². The van der Waals surface area contributed by atoms with Gasteiger partial charge in [0.15, 0.2) is 17.5 Å². The highest BCUT2D eigenvalue weighted by atomic mass is 19.2. The number of pyridine rings is 1. The molecule has 1 fully saturated rings. The molecule has 0 aliphatic carbocycles. The molecule has 0 atom stereocenters. The molecule has 1 aromatic heterocycles. The predicted molar refractivity (Wildman–Crippen MR) is 88.2 cm³/mol. The molecule has 0 saturated carbocycles. The fourth-order valence-electron chi connectivity index (χ4n) is 2.81. The van der Waals surface area contributed by atoms with Crippen LogP contribution in [0.15, 0.2) is 30.5 Å². The number of halogens is 3. The molecule has 1 amide bonds. The second-order valence-corrected chi connectivity index (χ2v) is 5.99. The molecule has 7 heteroatoms. The van der Waals surface area contributed by atoms with Crippen molar-refractivity contribution in [1.29, 1.82) is 0 Å². The van der Waals surface area contributed by atoms with E-state index in [1.165, 1.54) is 12.3 Å². The summed E-state index contributed by atoms with van der Waals surface area (Å²) in [7, 11) is 0. The van der Waals surface area contributed by atoms with Crippen LogP contribution in [0.3, 0.4) is 0 Å². The van der Waals surface area contributed by atoms with Crippen molar-refractivity contribution in [2.45, 2.75) is 25.7 Å². The molecular formula is C18H18F3N3O. The van der Waals surface area contributed by atoms with Gasteiger partial charge in [-0.3, -0.25) is 4.79 Å². The van der Waals surface area contributed by atoms with Crippen LogP contribution >= 0.6 is 0 Å². The Labute approximate surface area is 143 Å². The van der Waals surface area contributed by atoms with E-state index in [9.17, 15) is 18.0 Å². The molecule has 1 saturated heterocycles. The number of amides is 1. The molecule has 1 aromatic carbocycles. The maximum Gasteiger partial charge on any atom is 0.272 e. The predicted octanol–water partition coefficient (Wildman–Crippen LogP) is 4.26. The Morgan fingerprint density at radius 3 is 2.32 bits per heavy atom. The van der Waals surface area contributed by atoms with Crippen molar-refractivity contribution in [2.24, 2.45) is 0 Å². The van der Waals surface area contributed by atoms with Gasteiger partial charge in [-0.05, 0) is 37.1 Å². The molecule has 0 unspecified atom stereocenters. The van der Waals surface area contributed by atoms with Crippen LogP contribution in [0.25, 0.3) is 0 Å². The second kappa shape index (κ2) is 7.55. The van der Waals surface area contributed by atoms with Gasteiger partial charge in [0.2, 0.25) is 0 Å². The third kappa shape index (κ3) is 3.92. The van der Waals surface area contributed by atoms with Crippen molar-refractivity contribution in [3.8, 4) is 0 Å². The number of nitrogens with one attached hydrogen (secondary N) is 1. The summed E-state index contributed by atoms with van der Waals surface area (Å²) in [5.41, 5.74) is 0.475. The Morgan fingerprint density at radius 1 is 0.960 bits per heavy atom. The largest absolute Gasteiger partial charge is 0.352 e. The van der Waals surface area contributed by atoms with E-state index in [0.717, 1.165) is 50.9 Å². The van der Waals surface area contributed by atoms with Gasteiger partial charge in [0.1, 0.15) is 5.69 Å². The Bertz CT molecular complexity index is 757. The van der Waals surface area contributed by atoms with Crippen LogP contribution in [0, 0.1) is 17.5 Å². The van der Waals surface area contributed by atoms with Crippen LogP contribution in [0.2, 0.25) is 0 Å². The van der Waals surface area contributed by atoms with E-state index in [4.69, 9.17) is 0 Å². The van der Waals surface area contributed by atoms with Crippen LogP contribution in [-0.2, 0) is 0 Å². The van der Waals surface area contributed by atoms with Crippen molar-refractivity contribution < 1.29 is 18.0 Å². The van der Waals surface area contributed by atoms with E-state index in [-0.39, 0.29) is 11.6 Å². The summed E-state index contributed by atoms with van der Waals surface area (Å²) in [6.07, 6.45) is 5.59. The maximum atomic E-state index is 13.7. The molecule has 3 rings (SSSR count). The van der Waals surface area contributed by atoms with Crippen LogP contribution < -0.4 is 5.32 Å². The fraction of sp³-hybridized carbons (Fsp3) is 0.333. The highest BCUT2D eigenvalue weighted by Crippen LogP contribution is 2.23. The monoisotopic (exact) mass is 349 g/mol. The molecule has 1 N–H and O–H groups in total. The van der Waals surface area contributed by atoms with Gasteiger partial charge < -0.3 is 10.2 Å². The molecule has 0 spiro atoms. The molecular weight excluding hydrogens is 331 g/mol. The quantitative estimate of drug-likeness (QED) is 0.842. The maximum absolute atomic E-state index is 13.7. The molecule has 1 aliphatic rings. The number of carbonyl (C=O) groups excluding carboxylic acids is 1. The zero-order valence-electron chi connectivity index (χ0n) is 13.6. The standard InChI is InChI=1S/C18H18F3N3O/c19-13-6-8-14(17(21)16(13)20)23-12-5-7-15(22-11-12)18(25)24-9-3-1-2-4-10-24/h5-8,11,23H,1-4,9-10H2. The van der Waals surface area contributed by atoms with Gasteiger partial charge in [0.25, 0.3) is 5.91 Å². The van der Waals surface area contributed by atoms with Gasteiger partial charge in [-0.25, -0.2) is 18.2 Å². The first-order valence-electron chi connectivity index (χ1n) is 8.22. The lowest BCUT2D eigenvalue weighted by atomic mass is 10.2. The van der Waals surface area contributed by atoms with Gasteiger partial charge in [-0.2, -0.15) is 0 Å². The lowest BCUT2D eigenvalue weighted by Gasteiger charge is -2.19. The number of hydrogen-bond acceptors (Lipinski definition) is 3. The highest BCUT2D eigenvalue weighted by Gasteiger charge is 2.18. The summed E-state index contributed by atoms with van der Waals surface area (Å²) in [6, 6.07) is 5.03.